The minimum atomic E-state index is -1.46. The molecule has 3 atom stereocenters. The van der Waals surface area contributed by atoms with E-state index >= 15 is 0 Å². The fourth-order valence-electron chi connectivity index (χ4n) is 5.54. The maximum atomic E-state index is 13.6. The number of carboxylic acid groups (broad SMARTS) is 1. The Morgan fingerprint density at radius 3 is 1.93 bits per heavy atom. The summed E-state index contributed by atoms with van der Waals surface area (Å²) in [6.07, 6.45) is 0.175. The van der Waals surface area contributed by atoms with Crippen molar-refractivity contribution in [3.05, 3.63) is 125 Å². The normalized spacial score (nSPS) is 14.0. The van der Waals surface area contributed by atoms with Gasteiger partial charge in [-0.2, -0.15) is 0 Å². The van der Waals surface area contributed by atoms with E-state index in [-0.39, 0.29) is 37.3 Å². The molecular formula is C36H35N3O7. The van der Waals surface area contributed by atoms with E-state index in [0.717, 1.165) is 11.1 Å². The molecule has 1 aliphatic rings. The number of hydrogen-bond acceptors (Lipinski definition) is 7. The zero-order valence-electron chi connectivity index (χ0n) is 25.0. The predicted octanol–water partition coefficient (Wildman–Crippen LogP) is 3.70. The molecule has 0 aliphatic carbocycles. The maximum Gasteiger partial charge on any atom is 0.328 e. The van der Waals surface area contributed by atoms with Crippen molar-refractivity contribution < 1.29 is 34.1 Å². The first-order valence-corrected chi connectivity index (χ1v) is 15.0. The van der Waals surface area contributed by atoms with Gasteiger partial charge in [0.05, 0.1) is 12.0 Å². The Morgan fingerprint density at radius 2 is 1.33 bits per heavy atom. The summed E-state index contributed by atoms with van der Waals surface area (Å²) in [7, 11) is 0. The molecule has 10 heteroatoms. The number of carbonyl (C=O) groups excluding carboxylic acids is 3. The van der Waals surface area contributed by atoms with E-state index in [1.54, 1.807) is 60.7 Å². The highest BCUT2D eigenvalue weighted by molar-refractivity contribution is 5.93. The molecule has 4 aromatic rings. The van der Waals surface area contributed by atoms with E-state index in [2.05, 4.69) is 10.6 Å². The lowest BCUT2D eigenvalue weighted by Gasteiger charge is -2.28. The van der Waals surface area contributed by atoms with E-state index in [4.69, 9.17) is 10.5 Å². The van der Waals surface area contributed by atoms with Gasteiger partial charge < -0.3 is 31.3 Å². The van der Waals surface area contributed by atoms with Gasteiger partial charge >= 0.3 is 5.97 Å². The number of hydrogen-bond donors (Lipinski definition) is 5. The number of rotatable bonds is 13. The van der Waals surface area contributed by atoms with Crippen LogP contribution in [0, 0.1) is 5.92 Å². The average molecular weight is 622 g/mol. The van der Waals surface area contributed by atoms with Crippen LogP contribution in [0.4, 0.5) is 0 Å². The number of Topliss-reactive ketones (excluding diaryl/α,β-unsaturated/α-hetero) is 1. The van der Waals surface area contributed by atoms with Crippen LogP contribution in [0.1, 0.15) is 34.6 Å². The van der Waals surface area contributed by atoms with Crippen LogP contribution in [0.2, 0.25) is 0 Å². The summed E-state index contributed by atoms with van der Waals surface area (Å²) < 4.78 is 5.96. The zero-order valence-corrected chi connectivity index (χ0v) is 25.0. The largest absolute Gasteiger partial charge is 0.508 e. The fourth-order valence-corrected chi connectivity index (χ4v) is 5.54. The molecule has 2 amide bonds. The smallest absolute Gasteiger partial charge is 0.328 e. The van der Waals surface area contributed by atoms with Gasteiger partial charge in [0.15, 0.2) is 5.78 Å². The molecule has 0 bridgehead atoms. The summed E-state index contributed by atoms with van der Waals surface area (Å²) >= 11 is 0. The van der Waals surface area contributed by atoms with Crippen LogP contribution in [-0.2, 0) is 32.0 Å². The van der Waals surface area contributed by atoms with Crippen molar-refractivity contribution in [3.63, 3.8) is 0 Å². The number of aliphatic carboxylic acids is 1. The molecule has 236 valence electrons. The van der Waals surface area contributed by atoms with Gasteiger partial charge in [-0.1, -0.05) is 78.9 Å². The second-order valence-electron chi connectivity index (χ2n) is 11.3. The summed E-state index contributed by atoms with van der Waals surface area (Å²) in [6, 6.07) is 27.3. The van der Waals surface area contributed by atoms with Crippen molar-refractivity contribution in [2.24, 2.45) is 11.7 Å². The number of carboxylic acids is 1. The van der Waals surface area contributed by atoms with Crippen LogP contribution < -0.4 is 21.1 Å². The molecule has 0 unspecified atom stereocenters. The third-order valence-electron chi connectivity index (χ3n) is 7.99. The first-order valence-electron chi connectivity index (χ1n) is 15.0. The molecule has 0 spiro atoms. The highest BCUT2D eigenvalue weighted by atomic mass is 16.5. The fraction of sp³-hybridized carbons (Fsp3) is 0.222. The predicted molar refractivity (Wildman–Crippen MR) is 170 cm³/mol. The van der Waals surface area contributed by atoms with Gasteiger partial charge in [0, 0.05) is 30.0 Å². The summed E-state index contributed by atoms with van der Waals surface area (Å²) in [6.45, 7) is -0.381. The van der Waals surface area contributed by atoms with Crippen LogP contribution >= 0.6 is 0 Å². The van der Waals surface area contributed by atoms with E-state index < -0.39 is 41.7 Å². The molecule has 46 heavy (non-hydrogen) atoms. The molecule has 0 saturated heterocycles. The lowest BCUT2D eigenvalue weighted by atomic mass is 9.87. The molecule has 1 aliphatic heterocycles. The van der Waals surface area contributed by atoms with Crippen LogP contribution in [0.5, 0.6) is 17.2 Å². The first kappa shape index (κ1) is 31.9. The van der Waals surface area contributed by atoms with E-state index in [1.165, 1.54) is 12.1 Å². The average Bonchev–Trinajstić information content (AvgIpc) is 3.06. The standard InChI is InChI=1S/C36H35N3O7/c37-28(19-23-14-16-25(40)17-15-23)30(41)20-24(18-22-8-2-1-3-9-22)34(42)39-29(36(44)45)21-38-35(43)33-26-10-4-6-12-31(26)46-32-13-7-5-11-27(32)33/h1-17,24,28-29,33,40H,18-21,37H2,(H,38,43)(H,39,42)(H,44,45)/t24-,28+,29+/m1/s1. The van der Waals surface area contributed by atoms with Gasteiger partial charge in [0.1, 0.15) is 23.3 Å². The Balaban J connectivity index is 1.28. The van der Waals surface area contributed by atoms with Crippen molar-refractivity contribution in [1.29, 1.82) is 0 Å². The number of aromatic hydroxyl groups is 1. The second kappa shape index (κ2) is 14.5. The molecule has 0 aromatic heterocycles. The van der Waals surface area contributed by atoms with Crippen LogP contribution in [0.25, 0.3) is 0 Å². The lowest BCUT2D eigenvalue weighted by molar-refractivity contribution is -0.142. The van der Waals surface area contributed by atoms with Crippen molar-refractivity contribution >= 4 is 23.6 Å². The first-order chi connectivity index (χ1) is 22.2. The van der Waals surface area contributed by atoms with E-state index in [0.29, 0.717) is 22.6 Å². The van der Waals surface area contributed by atoms with Crippen molar-refractivity contribution in [2.75, 3.05) is 6.54 Å². The number of amides is 2. The minimum absolute atomic E-state index is 0.0924. The second-order valence-corrected chi connectivity index (χ2v) is 11.3. The number of fused-ring (bicyclic) bond motifs is 2. The summed E-state index contributed by atoms with van der Waals surface area (Å²) in [4.78, 5) is 52.6. The number of nitrogens with one attached hydrogen (secondary N) is 2. The number of benzene rings is 4. The Kier molecular flexibility index (Phi) is 10.1. The van der Waals surface area contributed by atoms with Gasteiger partial charge in [-0.05, 0) is 48.2 Å². The summed E-state index contributed by atoms with van der Waals surface area (Å²) in [5, 5.41) is 24.8. The Hall–Kier alpha value is -5.48. The Bertz CT molecular complexity index is 1660. The van der Waals surface area contributed by atoms with Crippen molar-refractivity contribution in [2.45, 2.75) is 37.3 Å². The minimum Gasteiger partial charge on any atom is -0.508 e. The van der Waals surface area contributed by atoms with Crippen LogP contribution in [0.3, 0.4) is 0 Å². The van der Waals surface area contributed by atoms with Gasteiger partial charge in [-0.25, -0.2) is 4.79 Å². The van der Waals surface area contributed by atoms with Crippen LogP contribution in [0.15, 0.2) is 103 Å². The van der Waals surface area contributed by atoms with E-state index in [9.17, 15) is 29.4 Å². The van der Waals surface area contributed by atoms with Crippen molar-refractivity contribution in [1.82, 2.24) is 10.6 Å². The van der Waals surface area contributed by atoms with Gasteiger partial charge in [-0.15, -0.1) is 0 Å². The molecule has 4 aromatic carbocycles. The highest BCUT2D eigenvalue weighted by Crippen LogP contribution is 2.43. The SMILES string of the molecule is N[C@@H](Cc1ccc(O)cc1)C(=O)C[C@@H](Cc1ccccc1)C(=O)N[C@@H](CNC(=O)C1c2ccccc2Oc2ccccc21)C(=O)O. The molecule has 10 nitrogen and oxygen atoms in total. The summed E-state index contributed by atoms with van der Waals surface area (Å²) in [5.74, 6) is -3.29. The lowest BCUT2D eigenvalue weighted by Crippen LogP contribution is -2.51. The van der Waals surface area contributed by atoms with Gasteiger partial charge in [-0.3, -0.25) is 14.4 Å². The Morgan fingerprint density at radius 1 is 0.761 bits per heavy atom. The molecule has 0 radical (unpaired) electrons. The van der Waals surface area contributed by atoms with Crippen LogP contribution in [-0.4, -0.2) is 52.4 Å². The summed E-state index contributed by atoms with van der Waals surface area (Å²) in [5.41, 5.74) is 9.02. The molecule has 0 saturated carbocycles. The molecule has 6 N–H and O–H groups in total. The molecule has 5 rings (SSSR count). The number of carbonyl (C=O) groups is 4. The number of phenols is 1. The zero-order chi connectivity index (χ0) is 32.6. The number of para-hydroxylation sites is 2. The topological polar surface area (TPSA) is 168 Å². The number of ketones is 1. The number of phenolic OH excluding ortho intramolecular Hbond substituents is 1. The third-order valence-corrected chi connectivity index (χ3v) is 7.99. The van der Waals surface area contributed by atoms with Gasteiger partial charge in [0.2, 0.25) is 11.8 Å². The quantitative estimate of drug-likeness (QED) is 0.151. The molecular weight excluding hydrogens is 586 g/mol. The molecule has 0 fully saturated rings. The molecule has 1 heterocycles. The monoisotopic (exact) mass is 621 g/mol. The van der Waals surface area contributed by atoms with Crippen molar-refractivity contribution in [3.8, 4) is 17.2 Å². The highest BCUT2D eigenvalue weighted by Gasteiger charge is 2.34. The number of ether oxygens (including phenoxy) is 1. The number of nitrogens with two attached hydrogens (primary N) is 1. The van der Waals surface area contributed by atoms with E-state index in [1.807, 2.05) is 30.3 Å². The maximum absolute atomic E-state index is 13.6. The third kappa shape index (κ3) is 7.77. The Labute approximate surface area is 266 Å². The van der Waals surface area contributed by atoms with Gasteiger partial charge in [0.25, 0.3) is 0 Å².